The highest BCUT2D eigenvalue weighted by Gasteiger charge is 2.30. The van der Waals surface area contributed by atoms with Crippen molar-refractivity contribution in [2.24, 2.45) is 5.92 Å². The van der Waals surface area contributed by atoms with Crippen LogP contribution in [-0.2, 0) is 4.79 Å². The molecule has 1 amide bonds. The van der Waals surface area contributed by atoms with Crippen molar-refractivity contribution in [3.63, 3.8) is 0 Å². The molecule has 1 atom stereocenters. The topological polar surface area (TPSA) is 107 Å². The van der Waals surface area contributed by atoms with Gasteiger partial charge in [0.05, 0.1) is 6.54 Å². The molecule has 2 fully saturated rings. The molecule has 2 saturated carbocycles. The van der Waals surface area contributed by atoms with Crippen LogP contribution < -0.4 is 15.5 Å². The molecule has 1 aromatic carbocycles. The molecule has 3 N–H and O–H groups in total. The second-order valence-corrected chi connectivity index (χ2v) is 8.74. The van der Waals surface area contributed by atoms with Crippen molar-refractivity contribution in [2.75, 3.05) is 18.0 Å². The standard InChI is InChI=1S/C24H31N5O3/c30-22(31)14-25-23(18-7-3-1-4-8-18)28-24(32)20-13-21(27-16-26-20)29(15-17-11-12-17)19-9-5-2-6-10-19/h1,3-4,7-8,13,16-17,19,23,25H,2,5-6,9-12,14-15H2,(H,28,32)(H,30,31). The number of rotatable bonds is 10. The maximum atomic E-state index is 13.1. The largest absolute Gasteiger partial charge is 0.480 e. The fourth-order valence-corrected chi connectivity index (χ4v) is 4.32. The van der Waals surface area contributed by atoms with Gasteiger partial charge < -0.3 is 15.3 Å². The van der Waals surface area contributed by atoms with Crippen LogP contribution in [0, 0.1) is 5.92 Å². The van der Waals surface area contributed by atoms with Crippen molar-refractivity contribution in [3.8, 4) is 0 Å². The fourth-order valence-electron chi connectivity index (χ4n) is 4.32. The lowest BCUT2D eigenvalue weighted by Crippen LogP contribution is -2.41. The molecule has 1 aromatic heterocycles. The van der Waals surface area contributed by atoms with Gasteiger partial charge in [-0.1, -0.05) is 49.6 Å². The zero-order chi connectivity index (χ0) is 22.3. The molecule has 0 saturated heterocycles. The van der Waals surface area contributed by atoms with E-state index in [1.165, 1.54) is 38.4 Å². The number of benzene rings is 1. The number of aromatic nitrogens is 2. The van der Waals surface area contributed by atoms with Gasteiger partial charge in [0.1, 0.15) is 24.0 Å². The SMILES string of the molecule is O=C(O)CNC(NC(=O)c1cc(N(CC2CC2)C2CCCCC2)ncn1)c1ccccc1. The molecule has 2 aromatic rings. The number of carboxylic acids is 1. The van der Waals surface area contributed by atoms with E-state index in [-0.39, 0.29) is 18.1 Å². The number of nitrogens with one attached hydrogen (secondary N) is 2. The highest BCUT2D eigenvalue weighted by atomic mass is 16.4. The van der Waals surface area contributed by atoms with Crippen molar-refractivity contribution in [1.29, 1.82) is 0 Å². The first kappa shape index (κ1) is 22.2. The summed E-state index contributed by atoms with van der Waals surface area (Å²) in [6.45, 7) is 0.710. The Labute approximate surface area is 188 Å². The van der Waals surface area contributed by atoms with Crippen LogP contribution >= 0.6 is 0 Å². The molecule has 4 rings (SSSR count). The summed E-state index contributed by atoms with van der Waals surface area (Å²) in [6.07, 6.45) is 9.41. The van der Waals surface area contributed by atoms with E-state index < -0.39 is 12.1 Å². The van der Waals surface area contributed by atoms with E-state index in [2.05, 4.69) is 25.5 Å². The summed E-state index contributed by atoms with van der Waals surface area (Å²) in [6, 6.07) is 11.5. The van der Waals surface area contributed by atoms with Gasteiger partial charge in [0.15, 0.2) is 0 Å². The molecule has 2 aliphatic rings. The normalized spacial score (nSPS) is 17.5. The van der Waals surface area contributed by atoms with Crippen molar-refractivity contribution in [2.45, 2.75) is 57.2 Å². The first-order valence-corrected chi connectivity index (χ1v) is 11.5. The minimum absolute atomic E-state index is 0.272. The Morgan fingerprint density at radius 1 is 1.06 bits per heavy atom. The van der Waals surface area contributed by atoms with Crippen LogP contribution in [0.5, 0.6) is 0 Å². The Balaban J connectivity index is 1.51. The lowest BCUT2D eigenvalue weighted by atomic mass is 9.94. The number of carbonyl (C=O) groups excluding carboxylic acids is 1. The van der Waals surface area contributed by atoms with Crippen LogP contribution in [0.2, 0.25) is 0 Å². The lowest BCUT2D eigenvalue weighted by Gasteiger charge is -2.35. The fraction of sp³-hybridized carbons (Fsp3) is 0.500. The van der Waals surface area contributed by atoms with Crippen molar-refractivity contribution in [1.82, 2.24) is 20.6 Å². The van der Waals surface area contributed by atoms with E-state index in [1.54, 1.807) is 6.07 Å². The van der Waals surface area contributed by atoms with Crippen LogP contribution in [0.15, 0.2) is 42.7 Å². The number of carboxylic acid groups (broad SMARTS) is 1. The van der Waals surface area contributed by atoms with E-state index in [9.17, 15) is 9.59 Å². The van der Waals surface area contributed by atoms with Gasteiger partial charge in [0.2, 0.25) is 0 Å². The van der Waals surface area contributed by atoms with Crippen LogP contribution in [0.3, 0.4) is 0 Å². The Bertz CT molecular complexity index is 913. The first-order valence-electron chi connectivity index (χ1n) is 11.5. The number of amides is 1. The van der Waals surface area contributed by atoms with Gasteiger partial charge in [-0.15, -0.1) is 0 Å². The summed E-state index contributed by atoms with van der Waals surface area (Å²) < 4.78 is 0. The molecule has 1 heterocycles. The second kappa shape index (κ2) is 10.5. The summed E-state index contributed by atoms with van der Waals surface area (Å²) >= 11 is 0. The zero-order valence-electron chi connectivity index (χ0n) is 18.2. The van der Waals surface area contributed by atoms with Crippen LogP contribution in [0.4, 0.5) is 5.82 Å². The zero-order valence-corrected chi connectivity index (χ0v) is 18.2. The van der Waals surface area contributed by atoms with Crippen molar-refractivity contribution >= 4 is 17.7 Å². The van der Waals surface area contributed by atoms with E-state index >= 15 is 0 Å². The van der Waals surface area contributed by atoms with Gasteiger partial charge in [-0.25, -0.2) is 9.97 Å². The van der Waals surface area contributed by atoms with E-state index in [4.69, 9.17) is 5.11 Å². The summed E-state index contributed by atoms with van der Waals surface area (Å²) in [5.74, 6) is 0.161. The Morgan fingerprint density at radius 2 is 1.81 bits per heavy atom. The predicted octanol–water partition coefficient (Wildman–Crippen LogP) is 3.13. The number of hydrogen-bond acceptors (Lipinski definition) is 6. The second-order valence-electron chi connectivity index (χ2n) is 8.74. The van der Waals surface area contributed by atoms with Crippen LogP contribution in [0.1, 0.15) is 67.2 Å². The minimum Gasteiger partial charge on any atom is -0.480 e. The van der Waals surface area contributed by atoms with E-state index in [0.717, 1.165) is 30.8 Å². The number of anilines is 1. The molecule has 32 heavy (non-hydrogen) atoms. The van der Waals surface area contributed by atoms with Crippen molar-refractivity contribution in [3.05, 3.63) is 54.0 Å². The number of nitrogens with zero attached hydrogens (tertiary/aromatic N) is 3. The molecule has 0 radical (unpaired) electrons. The summed E-state index contributed by atoms with van der Waals surface area (Å²) in [5.41, 5.74) is 1.05. The number of hydrogen-bond donors (Lipinski definition) is 3. The van der Waals surface area contributed by atoms with Gasteiger partial charge in [0.25, 0.3) is 5.91 Å². The molecule has 170 valence electrons. The van der Waals surface area contributed by atoms with E-state index in [1.807, 2.05) is 30.3 Å². The third-order valence-corrected chi connectivity index (χ3v) is 6.21. The molecule has 8 heteroatoms. The Morgan fingerprint density at radius 3 is 2.50 bits per heavy atom. The van der Waals surface area contributed by atoms with Crippen LogP contribution in [-0.4, -0.2) is 46.1 Å². The maximum Gasteiger partial charge on any atom is 0.317 e. The van der Waals surface area contributed by atoms with Crippen LogP contribution in [0.25, 0.3) is 0 Å². The summed E-state index contributed by atoms with van der Waals surface area (Å²) in [7, 11) is 0. The Kier molecular flexibility index (Phi) is 7.32. The lowest BCUT2D eigenvalue weighted by molar-refractivity contribution is -0.136. The highest BCUT2D eigenvalue weighted by molar-refractivity contribution is 5.93. The van der Waals surface area contributed by atoms with Gasteiger partial charge >= 0.3 is 5.97 Å². The smallest absolute Gasteiger partial charge is 0.317 e. The molecule has 0 aliphatic heterocycles. The molecule has 0 bridgehead atoms. The summed E-state index contributed by atoms with van der Waals surface area (Å²) in [5, 5.41) is 14.8. The van der Waals surface area contributed by atoms with Crippen molar-refractivity contribution < 1.29 is 14.7 Å². The van der Waals surface area contributed by atoms with Gasteiger partial charge in [-0.05, 0) is 37.2 Å². The van der Waals surface area contributed by atoms with E-state index in [0.29, 0.717) is 12.0 Å². The molecule has 1 unspecified atom stereocenters. The molecule has 8 nitrogen and oxygen atoms in total. The average Bonchev–Trinajstić information content (AvgIpc) is 3.65. The quantitative estimate of drug-likeness (QED) is 0.490. The summed E-state index contributed by atoms with van der Waals surface area (Å²) in [4.78, 5) is 35.2. The van der Waals surface area contributed by atoms with Gasteiger partial charge in [0, 0.05) is 18.7 Å². The van der Waals surface area contributed by atoms with Gasteiger partial charge in [-0.2, -0.15) is 0 Å². The minimum atomic E-state index is -0.993. The monoisotopic (exact) mass is 437 g/mol. The predicted molar refractivity (Wildman–Crippen MR) is 121 cm³/mol. The molecule has 0 spiro atoms. The van der Waals surface area contributed by atoms with Gasteiger partial charge in [-0.3, -0.25) is 14.9 Å². The Hall–Kier alpha value is -3.00. The molecule has 2 aliphatic carbocycles. The third-order valence-electron chi connectivity index (χ3n) is 6.21. The first-order chi connectivity index (χ1) is 15.6. The number of carbonyl (C=O) groups is 2. The maximum absolute atomic E-state index is 13.1. The highest BCUT2D eigenvalue weighted by Crippen LogP contribution is 2.34. The number of aliphatic carboxylic acids is 1. The third kappa shape index (κ3) is 6.03. The molecular weight excluding hydrogens is 406 g/mol. The molecular formula is C24H31N5O3. The average molecular weight is 438 g/mol.